The van der Waals surface area contributed by atoms with Crippen molar-refractivity contribution in [2.45, 2.75) is 47.8 Å². The first-order valence-corrected chi connectivity index (χ1v) is 5.18. The largest absolute Gasteiger partial charge is 0.460 e. The van der Waals surface area contributed by atoms with Gasteiger partial charge in [0.25, 0.3) is 0 Å². The number of ether oxygens (including phenoxy) is 1. The van der Waals surface area contributed by atoms with Crippen molar-refractivity contribution in [1.82, 2.24) is 0 Å². The molecule has 1 nitrogen and oxygen atoms in total. The number of halogens is 16. The summed E-state index contributed by atoms with van der Waals surface area (Å²) in [5.41, 5.74) is -8.07. The molecular weight excluding hydrogens is 416 g/mol. The molecule has 0 spiro atoms. The third-order valence-electron chi connectivity index (χ3n) is 3.05. The van der Waals surface area contributed by atoms with E-state index in [0.717, 1.165) is 0 Å². The lowest BCUT2D eigenvalue weighted by Gasteiger charge is -2.40. The van der Waals surface area contributed by atoms with E-state index in [4.69, 9.17) is 0 Å². The highest BCUT2D eigenvalue weighted by Gasteiger charge is 3.03. The van der Waals surface area contributed by atoms with Crippen LogP contribution in [-0.2, 0) is 4.74 Å². The number of hydrogen-bond donors (Lipinski definition) is 0. The van der Waals surface area contributed by atoms with Crippen LogP contribution in [0.2, 0.25) is 0 Å². The van der Waals surface area contributed by atoms with E-state index in [1.54, 1.807) is 4.74 Å². The van der Waals surface area contributed by atoms with Crippen LogP contribution in [0.4, 0.5) is 70.2 Å². The van der Waals surface area contributed by atoms with E-state index in [1.807, 2.05) is 0 Å². The molecule has 0 saturated carbocycles. The molecule has 1 rings (SSSR count). The highest BCUT2D eigenvalue weighted by molar-refractivity contribution is 5.24. The van der Waals surface area contributed by atoms with E-state index >= 15 is 0 Å². The molecule has 0 amide bonds. The quantitative estimate of drug-likeness (QED) is 0.575. The summed E-state index contributed by atoms with van der Waals surface area (Å²) in [6, 6.07) is 0. The van der Waals surface area contributed by atoms with E-state index in [9.17, 15) is 70.2 Å². The second-order valence-corrected chi connectivity index (χ2v) is 4.59. The normalized spacial score (nSPS) is 33.6. The average Bonchev–Trinajstić information content (AvgIpc) is 2.43. The summed E-state index contributed by atoms with van der Waals surface area (Å²) in [4.78, 5) is 0. The summed E-state index contributed by atoms with van der Waals surface area (Å²) in [7, 11) is 0. The second-order valence-electron chi connectivity index (χ2n) is 4.59. The van der Waals surface area contributed by atoms with Gasteiger partial charge in [-0.05, 0) is 0 Å². The van der Waals surface area contributed by atoms with Crippen LogP contribution in [0.25, 0.3) is 0 Å². The Kier molecular flexibility index (Phi) is 4.17. The van der Waals surface area contributed by atoms with Crippen molar-refractivity contribution < 1.29 is 75.0 Å². The Hall–Kier alpha value is -1.16. The minimum absolute atomic E-state index is 1.60. The van der Waals surface area contributed by atoms with E-state index in [-0.39, 0.29) is 0 Å². The van der Waals surface area contributed by atoms with Crippen LogP contribution in [0.15, 0.2) is 0 Å². The summed E-state index contributed by atoms with van der Waals surface area (Å²) in [5, 5.41) is 0. The smallest absolute Gasteiger partial charge is 0.267 e. The molecule has 25 heavy (non-hydrogen) atoms. The molecule has 0 aliphatic carbocycles. The Morgan fingerprint density at radius 2 is 0.960 bits per heavy atom. The lowest BCUT2D eigenvalue weighted by atomic mass is 9.83. The minimum atomic E-state index is -8.30. The third kappa shape index (κ3) is 2.16. The van der Waals surface area contributed by atoms with Crippen LogP contribution in [0, 0.1) is 0 Å². The van der Waals surface area contributed by atoms with Gasteiger partial charge in [-0.1, -0.05) is 0 Å². The highest BCUT2D eigenvalue weighted by Crippen LogP contribution is 2.71. The predicted octanol–water partition coefficient (Wildman–Crippen LogP) is 5.01. The SMILES string of the molecule is FC(F)(F)C(F)(F)C(F)(F)C1(F)C(F)(F)OC(F)(C(F)(F)F)C1(F)F. The Morgan fingerprint density at radius 1 is 0.600 bits per heavy atom. The topological polar surface area (TPSA) is 9.23 Å². The molecule has 2 atom stereocenters. The van der Waals surface area contributed by atoms with Gasteiger partial charge in [-0.3, -0.25) is 4.74 Å². The maximum absolute atomic E-state index is 13.6. The van der Waals surface area contributed by atoms with E-state index in [2.05, 4.69) is 0 Å². The third-order valence-corrected chi connectivity index (χ3v) is 3.05. The second kappa shape index (κ2) is 4.76. The molecular formula is C8F16O. The zero-order valence-electron chi connectivity index (χ0n) is 10.5. The summed E-state index contributed by atoms with van der Waals surface area (Å²) in [6.45, 7) is 0. The van der Waals surface area contributed by atoms with E-state index in [1.165, 1.54) is 0 Å². The van der Waals surface area contributed by atoms with Crippen molar-refractivity contribution in [2.24, 2.45) is 0 Å². The van der Waals surface area contributed by atoms with Gasteiger partial charge in [0.15, 0.2) is 0 Å². The first-order chi connectivity index (χ1) is 10.5. The van der Waals surface area contributed by atoms with Gasteiger partial charge in [0.05, 0.1) is 0 Å². The Balaban J connectivity index is 3.83. The van der Waals surface area contributed by atoms with Crippen molar-refractivity contribution >= 4 is 0 Å². The fourth-order valence-electron chi connectivity index (χ4n) is 1.73. The predicted molar refractivity (Wildman–Crippen MR) is 40.7 cm³/mol. The van der Waals surface area contributed by atoms with Crippen LogP contribution < -0.4 is 0 Å². The van der Waals surface area contributed by atoms with Gasteiger partial charge in [0, 0.05) is 0 Å². The maximum atomic E-state index is 13.6. The van der Waals surface area contributed by atoms with Crippen molar-refractivity contribution in [3.8, 4) is 0 Å². The number of hydrogen-bond acceptors (Lipinski definition) is 1. The number of alkyl halides is 16. The van der Waals surface area contributed by atoms with Crippen LogP contribution in [0.1, 0.15) is 0 Å². The van der Waals surface area contributed by atoms with Gasteiger partial charge >= 0.3 is 47.8 Å². The number of rotatable bonds is 2. The molecule has 1 heterocycles. The Labute approximate surface area is 124 Å². The molecule has 0 aromatic heterocycles. The van der Waals surface area contributed by atoms with Crippen molar-refractivity contribution in [3.63, 3.8) is 0 Å². The van der Waals surface area contributed by atoms with Gasteiger partial charge < -0.3 is 0 Å². The zero-order chi connectivity index (χ0) is 20.7. The van der Waals surface area contributed by atoms with Gasteiger partial charge in [0.2, 0.25) is 0 Å². The first kappa shape index (κ1) is 21.9. The zero-order valence-corrected chi connectivity index (χ0v) is 10.5. The van der Waals surface area contributed by atoms with E-state index < -0.39 is 47.8 Å². The summed E-state index contributed by atoms with van der Waals surface area (Å²) in [5.74, 6) is -31.6. The van der Waals surface area contributed by atoms with Crippen LogP contribution >= 0.6 is 0 Å². The Bertz CT molecular complexity index is 543. The molecule has 1 aliphatic rings. The van der Waals surface area contributed by atoms with Crippen molar-refractivity contribution in [3.05, 3.63) is 0 Å². The van der Waals surface area contributed by atoms with Gasteiger partial charge in [-0.15, -0.1) is 0 Å². The molecule has 0 aromatic carbocycles. The lowest BCUT2D eigenvalue weighted by molar-refractivity contribution is -0.426. The fraction of sp³-hybridized carbons (Fsp3) is 1.00. The summed E-state index contributed by atoms with van der Waals surface area (Å²) >= 11 is 0. The molecule has 0 aromatic rings. The van der Waals surface area contributed by atoms with Crippen LogP contribution in [0.5, 0.6) is 0 Å². The Morgan fingerprint density at radius 3 is 1.20 bits per heavy atom. The van der Waals surface area contributed by atoms with E-state index in [0.29, 0.717) is 0 Å². The average molecular weight is 416 g/mol. The standard InChI is InChI=1S/C8F16O/c9-1(2(10,11)4(14,15)6(17,18)19)3(12,13)5(16,7(20,21)22)25-8(1,23)24. The first-order valence-electron chi connectivity index (χ1n) is 5.18. The van der Waals surface area contributed by atoms with Gasteiger partial charge in [0.1, 0.15) is 0 Å². The summed E-state index contributed by atoms with van der Waals surface area (Å²) < 4.78 is 204. The molecule has 1 saturated heterocycles. The monoisotopic (exact) mass is 416 g/mol. The molecule has 0 radical (unpaired) electrons. The highest BCUT2D eigenvalue weighted by atomic mass is 19.4. The summed E-state index contributed by atoms with van der Waals surface area (Å²) in [6.07, 6.45) is -22.6. The van der Waals surface area contributed by atoms with Crippen LogP contribution in [0.3, 0.4) is 0 Å². The van der Waals surface area contributed by atoms with Crippen molar-refractivity contribution in [1.29, 1.82) is 0 Å². The molecule has 1 fully saturated rings. The van der Waals surface area contributed by atoms with Crippen LogP contribution in [-0.4, -0.2) is 47.8 Å². The molecule has 1 aliphatic heterocycles. The fourth-order valence-corrected chi connectivity index (χ4v) is 1.73. The molecule has 0 bridgehead atoms. The maximum Gasteiger partial charge on any atom is 0.460 e. The molecule has 17 heteroatoms. The molecule has 0 N–H and O–H groups in total. The van der Waals surface area contributed by atoms with Gasteiger partial charge in [-0.25, -0.2) is 4.39 Å². The minimum Gasteiger partial charge on any atom is -0.267 e. The lowest BCUT2D eigenvalue weighted by Crippen LogP contribution is -2.74. The van der Waals surface area contributed by atoms with Gasteiger partial charge in [-0.2, -0.15) is 65.9 Å². The molecule has 150 valence electrons. The molecule has 2 unspecified atom stereocenters. The van der Waals surface area contributed by atoms with Crippen molar-refractivity contribution in [2.75, 3.05) is 0 Å².